The third-order valence-corrected chi connectivity index (χ3v) is 5.67. The summed E-state index contributed by atoms with van der Waals surface area (Å²) < 4.78 is 1.32. The number of benzene rings is 1. The Morgan fingerprint density at radius 3 is 2.29 bits per heavy atom. The molecule has 0 spiro atoms. The molecule has 21 heavy (non-hydrogen) atoms. The van der Waals surface area contributed by atoms with E-state index in [1.807, 2.05) is 0 Å². The third kappa shape index (κ3) is 3.17. The lowest BCUT2D eigenvalue weighted by Crippen LogP contribution is -2.47. The maximum Gasteiger partial charge on any atom is 0.0698 e. The van der Waals surface area contributed by atoms with E-state index >= 15 is 0 Å². The van der Waals surface area contributed by atoms with Crippen molar-refractivity contribution in [3.05, 3.63) is 35.2 Å². The quantitative estimate of drug-likeness (QED) is 0.786. The van der Waals surface area contributed by atoms with Crippen molar-refractivity contribution < 1.29 is 5.11 Å². The van der Waals surface area contributed by atoms with Crippen LogP contribution in [0.25, 0.3) is 10.1 Å². The first-order chi connectivity index (χ1) is 9.68. The zero-order valence-corrected chi connectivity index (χ0v) is 14.4. The Morgan fingerprint density at radius 2 is 1.62 bits per heavy atom. The molecule has 2 aromatic rings. The Hall–Kier alpha value is -0.860. The maximum atomic E-state index is 11.3. The van der Waals surface area contributed by atoms with Crippen LogP contribution >= 0.6 is 11.3 Å². The molecule has 1 heterocycles. The number of thiophene rings is 1. The standard InChI is InChI=1S/C19H26OS/c1-17(2)11-18(3,4)13-19(20,12-17)9-14-10-21-16-8-6-5-7-15(14)16/h5-8,10,20H,9,11-13H2,1-4H3. The largest absolute Gasteiger partial charge is 0.390 e. The second-order valence-corrected chi connectivity index (χ2v) is 9.43. The summed E-state index contributed by atoms with van der Waals surface area (Å²) >= 11 is 1.79. The van der Waals surface area contributed by atoms with Crippen LogP contribution in [0.1, 0.15) is 52.5 Å². The summed E-state index contributed by atoms with van der Waals surface area (Å²) in [6.07, 6.45) is 3.76. The summed E-state index contributed by atoms with van der Waals surface area (Å²) in [6.45, 7) is 9.18. The predicted octanol–water partition coefficient (Wildman–Crippen LogP) is 5.41. The first-order valence-corrected chi connectivity index (χ1v) is 8.74. The van der Waals surface area contributed by atoms with Crippen molar-refractivity contribution in [2.75, 3.05) is 0 Å². The average Bonchev–Trinajstić information content (AvgIpc) is 2.67. The van der Waals surface area contributed by atoms with Gasteiger partial charge in [-0.2, -0.15) is 0 Å². The van der Waals surface area contributed by atoms with Crippen molar-refractivity contribution >= 4 is 21.4 Å². The molecule has 0 amide bonds. The van der Waals surface area contributed by atoms with Gasteiger partial charge in [0.05, 0.1) is 5.60 Å². The van der Waals surface area contributed by atoms with Crippen molar-refractivity contribution in [1.29, 1.82) is 0 Å². The Morgan fingerprint density at radius 1 is 1.00 bits per heavy atom. The van der Waals surface area contributed by atoms with Gasteiger partial charge in [-0.25, -0.2) is 0 Å². The zero-order valence-electron chi connectivity index (χ0n) is 13.6. The fourth-order valence-electron chi connectivity index (χ4n) is 4.91. The normalized spacial score (nSPS) is 23.3. The molecule has 3 rings (SSSR count). The van der Waals surface area contributed by atoms with Gasteiger partial charge in [0.25, 0.3) is 0 Å². The van der Waals surface area contributed by atoms with E-state index in [1.165, 1.54) is 22.1 Å². The molecule has 1 nitrogen and oxygen atoms in total. The molecule has 1 fully saturated rings. The topological polar surface area (TPSA) is 20.2 Å². The van der Waals surface area contributed by atoms with Crippen LogP contribution in [0.3, 0.4) is 0 Å². The van der Waals surface area contributed by atoms with E-state index in [2.05, 4.69) is 57.3 Å². The van der Waals surface area contributed by atoms with Gasteiger partial charge in [0.15, 0.2) is 0 Å². The van der Waals surface area contributed by atoms with Crippen LogP contribution in [0.5, 0.6) is 0 Å². The summed E-state index contributed by atoms with van der Waals surface area (Å²) in [5.41, 5.74) is 1.16. The molecule has 1 aliphatic carbocycles. The molecular weight excluding hydrogens is 276 g/mol. The molecule has 0 atom stereocenters. The van der Waals surface area contributed by atoms with Gasteiger partial charge in [-0.15, -0.1) is 11.3 Å². The first-order valence-electron chi connectivity index (χ1n) is 7.86. The molecule has 1 aromatic carbocycles. The number of fused-ring (bicyclic) bond motifs is 1. The highest BCUT2D eigenvalue weighted by Crippen LogP contribution is 2.51. The lowest BCUT2D eigenvalue weighted by atomic mass is 9.58. The Kier molecular flexibility index (Phi) is 3.46. The molecule has 1 aromatic heterocycles. The van der Waals surface area contributed by atoms with Crippen molar-refractivity contribution in [2.45, 2.75) is 59.0 Å². The highest BCUT2D eigenvalue weighted by Gasteiger charge is 2.46. The smallest absolute Gasteiger partial charge is 0.0698 e. The van der Waals surface area contributed by atoms with Crippen molar-refractivity contribution in [2.24, 2.45) is 10.8 Å². The lowest BCUT2D eigenvalue weighted by Gasteiger charge is -2.49. The molecule has 0 aliphatic heterocycles. The molecular formula is C19H26OS. The SMILES string of the molecule is CC1(C)CC(C)(C)CC(O)(Cc2csc3ccccc23)C1. The first kappa shape index (κ1) is 15.1. The highest BCUT2D eigenvalue weighted by molar-refractivity contribution is 7.17. The molecule has 0 unspecified atom stereocenters. The Balaban J connectivity index is 1.92. The predicted molar refractivity (Wildman–Crippen MR) is 91.9 cm³/mol. The van der Waals surface area contributed by atoms with E-state index in [1.54, 1.807) is 11.3 Å². The molecule has 0 bridgehead atoms. The maximum absolute atomic E-state index is 11.3. The van der Waals surface area contributed by atoms with Crippen LogP contribution < -0.4 is 0 Å². The summed E-state index contributed by atoms with van der Waals surface area (Å²) in [5.74, 6) is 0. The van der Waals surface area contributed by atoms with Crippen LogP contribution in [0.15, 0.2) is 29.6 Å². The van der Waals surface area contributed by atoms with E-state index in [0.29, 0.717) is 0 Å². The summed E-state index contributed by atoms with van der Waals surface area (Å²) in [7, 11) is 0. The minimum atomic E-state index is -0.574. The van der Waals surface area contributed by atoms with Gasteiger partial charge in [-0.1, -0.05) is 45.9 Å². The Bertz CT molecular complexity index is 634. The molecule has 0 radical (unpaired) electrons. The van der Waals surface area contributed by atoms with Gasteiger partial charge in [-0.3, -0.25) is 0 Å². The van der Waals surface area contributed by atoms with Crippen LogP contribution in [0.4, 0.5) is 0 Å². The number of aliphatic hydroxyl groups is 1. The molecule has 2 heteroatoms. The lowest BCUT2D eigenvalue weighted by molar-refractivity contribution is -0.0848. The minimum Gasteiger partial charge on any atom is -0.390 e. The second kappa shape index (κ2) is 4.82. The molecule has 114 valence electrons. The highest BCUT2D eigenvalue weighted by atomic mass is 32.1. The van der Waals surface area contributed by atoms with E-state index in [-0.39, 0.29) is 10.8 Å². The van der Waals surface area contributed by atoms with E-state index in [0.717, 1.165) is 19.3 Å². The average molecular weight is 302 g/mol. The van der Waals surface area contributed by atoms with E-state index in [4.69, 9.17) is 0 Å². The van der Waals surface area contributed by atoms with Gasteiger partial charge in [0, 0.05) is 11.1 Å². The molecule has 1 saturated carbocycles. The van der Waals surface area contributed by atoms with Gasteiger partial charge in [0.1, 0.15) is 0 Å². The monoisotopic (exact) mass is 302 g/mol. The summed E-state index contributed by atoms with van der Waals surface area (Å²) in [6, 6.07) is 8.54. The molecule has 1 aliphatic rings. The Labute approximate surface area is 132 Å². The van der Waals surface area contributed by atoms with E-state index < -0.39 is 5.60 Å². The number of hydrogen-bond acceptors (Lipinski definition) is 2. The molecule has 1 N–H and O–H groups in total. The van der Waals surface area contributed by atoms with Crippen molar-refractivity contribution in [1.82, 2.24) is 0 Å². The van der Waals surface area contributed by atoms with Crippen molar-refractivity contribution in [3.8, 4) is 0 Å². The molecule has 0 saturated heterocycles. The van der Waals surface area contributed by atoms with Gasteiger partial charge < -0.3 is 5.11 Å². The van der Waals surface area contributed by atoms with Gasteiger partial charge in [-0.05, 0) is 52.5 Å². The fraction of sp³-hybridized carbons (Fsp3) is 0.579. The second-order valence-electron chi connectivity index (χ2n) is 8.52. The summed E-state index contributed by atoms with van der Waals surface area (Å²) in [5, 5.41) is 14.8. The van der Waals surface area contributed by atoms with E-state index in [9.17, 15) is 5.11 Å². The van der Waals surface area contributed by atoms with Crippen LogP contribution in [-0.4, -0.2) is 10.7 Å². The summed E-state index contributed by atoms with van der Waals surface area (Å²) in [4.78, 5) is 0. The van der Waals surface area contributed by atoms with Crippen LogP contribution in [-0.2, 0) is 6.42 Å². The number of rotatable bonds is 2. The zero-order chi connectivity index (χ0) is 15.3. The fourth-order valence-corrected chi connectivity index (χ4v) is 5.88. The van der Waals surface area contributed by atoms with Crippen LogP contribution in [0, 0.1) is 10.8 Å². The van der Waals surface area contributed by atoms with Crippen molar-refractivity contribution in [3.63, 3.8) is 0 Å². The van der Waals surface area contributed by atoms with Gasteiger partial charge in [0.2, 0.25) is 0 Å². The van der Waals surface area contributed by atoms with Crippen LogP contribution in [0.2, 0.25) is 0 Å². The minimum absolute atomic E-state index is 0.211. The third-order valence-electron chi connectivity index (χ3n) is 4.65. The van der Waals surface area contributed by atoms with Gasteiger partial charge >= 0.3 is 0 Å². The number of hydrogen-bond donors (Lipinski definition) is 1.